The van der Waals surface area contributed by atoms with Crippen molar-refractivity contribution in [2.75, 3.05) is 12.4 Å². The molecule has 0 spiro atoms. The summed E-state index contributed by atoms with van der Waals surface area (Å²) < 4.78 is 19.6. The molecule has 1 amide bonds. The van der Waals surface area contributed by atoms with E-state index in [-0.39, 0.29) is 23.7 Å². The molecule has 0 aliphatic heterocycles. The highest BCUT2D eigenvalue weighted by Gasteiger charge is 2.12. The number of benzene rings is 1. The Labute approximate surface area is 119 Å². The first-order valence-corrected chi connectivity index (χ1v) is 6.03. The lowest BCUT2D eigenvalue weighted by Crippen LogP contribution is -2.20. The largest absolute Gasteiger partial charge is 0.494 e. The number of carbonyl (C=O) groups is 2. The minimum absolute atomic E-state index is 0.00561. The van der Waals surface area contributed by atoms with Gasteiger partial charge in [0.2, 0.25) is 5.91 Å². The van der Waals surface area contributed by atoms with E-state index in [0.29, 0.717) is 0 Å². The van der Waals surface area contributed by atoms with E-state index in [0.717, 1.165) is 6.07 Å². The van der Waals surface area contributed by atoms with Gasteiger partial charge in [0, 0.05) is 18.0 Å². The average Bonchev–Trinajstić information content (AvgIpc) is 2.87. The molecule has 0 aliphatic rings. The van der Waals surface area contributed by atoms with Gasteiger partial charge in [-0.1, -0.05) is 0 Å². The SMILES string of the molecule is COc1ccc(NC(=O)Cn2cccc2C(=O)O)cc1F. The number of halogens is 1. The van der Waals surface area contributed by atoms with Gasteiger partial charge in [0.15, 0.2) is 11.6 Å². The van der Waals surface area contributed by atoms with E-state index in [1.165, 1.54) is 42.1 Å². The monoisotopic (exact) mass is 292 g/mol. The summed E-state index contributed by atoms with van der Waals surface area (Å²) in [5, 5.41) is 11.4. The first kappa shape index (κ1) is 14.6. The van der Waals surface area contributed by atoms with Crippen LogP contribution >= 0.6 is 0 Å². The molecule has 0 atom stereocenters. The van der Waals surface area contributed by atoms with Gasteiger partial charge in [-0.3, -0.25) is 4.79 Å². The number of anilines is 1. The summed E-state index contributed by atoms with van der Waals surface area (Å²) in [6.07, 6.45) is 1.48. The van der Waals surface area contributed by atoms with Crippen molar-refractivity contribution in [3.05, 3.63) is 48.0 Å². The van der Waals surface area contributed by atoms with Gasteiger partial charge in [-0.05, 0) is 24.3 Å². The molecule has 7 heteroatoms. The number of nitrogens with zero attached hydrogens (tertiary/aromatic N) is 1. The van der Waals surface area contributed by atoms with Gasteiger partial charge >= 0.3 is 5.97 Å². The van der Waals surface area contributed by atoms with Crippen molar-refractivity contribution in [2.45, 2.75) is 6.54 Å². The topological polar surface area (TPSA) is 80.6 Å². The van der Waals surface area contributed by atoms with Crippen molar-refractivity contribution in [1.29, 1.82) is 0 Å². The second-order valence-electron chi connectivity index (χ2n) is 4.22. The molecule has 0 saturated heterocycles. The Morgan fingerprint density at radius 3 is 2.76 bits per heavy atom. The van der Waals surface area contributed by atoms with E-state index in [9.17, 15) is 14.0 Å². The Hall–Kier alpha value is -2.83. The smallest absolute Gasteiger partial charge is 0.352 e. The molecule has 1 aromatic carbocycles. The normalized spacial score (nSPS) is 10.2. The molecule has 0 radical (unpaired) electrons. The Bertz CT molecular complexity index is 681. The number of aromatic nitrogens is 1. The van der Waals surface area contributed by atoms with Gasteiger partial charge in [0.1, 0.15) is 12.2 Å². The lowest BCUT2D eigenvalue weighted by molar-refractivity contribution is -0.116. The van der Waals surface area contributed by atoms with Crippen LogP contribution in [-0.2, 0) is 11.3 Å². The van der Waals surface area contributed by atoms with Crippen molar-refractivity contribution >= 4 is 17.6 Å². The maximum atomic E-state index is 13.5. The number of ether oxygens (including phenoxy) is 1. The lowest BCUT2D eigenvalue weighted by Gasteiger charge is -2.09. The fourth-order valence-corrected chi connectivity index (χ4v) is 1.85. The Kier molecular flexibility index (Phi) is 4.22. The van der Waals surface area contributed by atoms with Crippen LogP contribution < -0.4 is 10.1 Å². The molecule has 0 fully saturated rings. The predicted molar refractivity (Wildman–Crippen MR) is 73.0 cm³/mol. The van der Waals surface area contributed by atoms with E-state index in [1.807, 2.05) is 0 Å². The number of carbonyl (C=O) groups excluding carboxylic acids is 1. The van der Waals surface area contributed by atoms with E-state index in [2.05, 4.69) is 5.32 Å². The third-order valence-corrected chi connectivity index (χ3v) is 2.80. The molecule has 0 bridgehead atoms. The summed E-state index contributed by atoms with van der Waals surface area (Å²) in [6.45, 7) is -0.178. The van der Waals surface area contributed by atoms with Crippen molar-refractivity contribution in [2.24, 2.45) is 0 Å². The zero-order chi connectivity index (χ0) is 15.4. The first-order valence-electron chi connectivity index (χ1n) is 6.03. The first-order chi connectivity index (χ1) is 10.0. The number of carboxylic acid groups (broad SMARTS) is 1. The maximum Gasteiger partial charge on any atom is 0.352 e. The lowest BCUT2D eigenvalue weighted by atomic mass is 10.3. The number of amides is 1. The second-order valence-corrected chi connectivity index (χ2v) is 4.22. The van der Waals surface area contributed by atoms with Crippen LogP contribution in [0.3, 0.4) is 0 Å². The van der Waals surface area contributed by atoms with Crippen LogP contribution in [0.15, 0.2) is 36.5 Å². The molecule has 2 N–H and O–H groups in total. The predicted octanol–water partition coefficient (Wildman–Crippen LogP) is 1.97. The number of methoxy groups -OCH3 is 1. The molecule has 1 aromatic heterocycles. The number of aromatic carboxylic acids is 1. The van der Waals surface area contributed by atoms with Gasteiger partial charge in [-0.2, -0.15) is 0 Å². The minimum Gasteiger partial charge on any atom is -0.494 e. The highest BCUT2D eigenvalue weighted by atomic mass is 19.1. The number of rotatable bonds is 5. The Balaban J connectivity index is 2.06. The van der Waals surface area contributed by atoms with Gasteiger partial charge in [0.25, 0.3) is 0 Å². The third-order valence-electron chi connectivity index (χ3n) is 2.80. The fraction of sp³-hybridized carbons (Fsp3) is 0.143. The maximum absolute atomic E-state index is 13.5. The molecule has 0 saturated carbocycles. The van der Waals surface area contributed by atoms with Gasteiger partial charge in [0.05, 0.1) is 7.11 Å². The minimum atomic E-state index is -1.12. The molecule has 1 heterocycles. The Morgan fingerprint density at radius 1 is 1.38 bits per heavy atom. The highest BCUT2D eigenvalue weighted by molar-refractivity contribution is 5.92. The van der Waals surface area contributed by atoms with Crippen LogP contribution in [0.25, 0.3) is 0 Å². The number of nitrogens with one attached hydrogen (secondary N) is 1. The van der Waals surface area contributed by atoms with E-state index >= 15 is 0 Å². The van der Waals surface area contributed by atoms with Crippen molar-refractivity contribution in [1.82, 2.24) is 4.57 Å². The van der Waals surface area contributed by atoms with Crippen molar-refractivity contribution in [3.8, 4) is 5.75 Å². The van der Waals surface area contributed by atoms with Crippen LogP contribution in [0, 0.1) is 5.82 Å². The molecule has 0 aliphatic carbocycles. The standard InChI is InChI=1S/C14H13FN2O4/c1-21-12-5-4-9(7-10(12)15)16-13(18)8-17-6-2-3-11(17)14(19)20/h2-7H,8H2,1H3,(H,16,18)(H,19,20). The molecular formula is C14H13FN2O4. The Morgan fingerprint density at radius 2 is 2.14 bits per heavy atom. The number of carboxylic acids is 1. The van der Waals surface area contributed by atoms with E-state index in [4.69, 9.17) is 9.84 Å². The average molecular weight is 292 g/mol. The zero-order valence-corrected chi connectivity index (χ0v) is 11.2. The van der Waals surface area contributed by atoms with E-state index in [1.54, 1.807) is 0 Å². The molecule has 2 aromatic rings. The molecule has 6 nitrogen and oxygen atoms in total. The summed E-state index contributed by atoms with van der Waals surface area (Å²) in [5.74, 6) is -2.10. The molecule has 21 heavy (non-hydrogen) atoms. The van der Waals surface area contributed by atoms with Crippen LogP contribution in [0.4, 0.5) is 10.1 Å². The van der Waals surface area contributed by atoms with Crippen molar-refractivity contribution < 1.29 is 23.8 Å². The highest BCUT2D eigenvalue weighted by Crippen LogP contribution is 2.20. The van der Waals surface area contributed by atoms with Gasteiger partial charge in [-0.15, -0.1) is 0 Å². The molecule has 110 valence electrons. The van der Waals surface area contributed by atoms with Gasteiger partial charge in [-0.25, -0.2) is 9.18 Å². The van der Waals surface area contributed by atoms with Crippen molar-refractivity contribution in [3.63, 3.8) is 0 Å². The fourth-order valence-electron chi connectivity index (χ4n) is 1.85. The van der Waals surface area contributed by atoms with Crippen LogP contribution in [0.1, 0.15) is 10.5 Å². The summed E-state index contributed by atoms with van der Waals surface area (Å²) in [7, 11) is 1.34. The van der Waals surface area contributed by atoms with Crippen LogP contribution in [0.2, 0.25) is 0 Å². The summed E-state index contributed by atoms with van der Waals surface area (Å²) in [4.78, 5) is 22.8. The van der Waals surface area contributed by atoms with Crippen LogP contribution in [-0.4, -0.2) is 28.7 Å². The van der Waals surface area contributed by atoms with Crippen LogP contribution in [0.5, 0.6) is 5.75 Å². The molecule has 0 unspecified atom stereocenters. The molecular weight excluding hydrogens is 279 g/mol. The van der Waals surface area contributed by atoms with E-state index < -0.39 is 17.7 Å². The number of hydrogen-bond acceptors (Lipinski definition) is 3. The zero-order valence-electron chi connectivity index (χ0n) is 11.2. The third kappa shape index (κ3) is 3.38. The summed E-state index contributed by atoms with van der Waals surface area (Å²) in [6, 6.07) is 6.94. The number of hydrogen-bond donors (Lipinski definition) is 2. The summed E-state index contributed by atoms with van der Waals surface area (Å²) >= 11 is 0. The molecule has 2 rings (SSSR count). The van der Waals surface area contributed by atoms with Gasteiger partial charge < -0.3 is 19.7 Å². The quantitative estimate of drug-likeness (QED) is 0.883. The second kappa shape index (κ2) is 6.08. The summed E-state index contributed by atoms with van der Waals surface area (Å²) in [5.41, 5.74) is 0.272.